The fourth-order valence-corrected chi connectivity index (χ4v) is 3.30. The molecule has 0 aliphatic carbocycles. The van der Waals surface area contributed by atoms with Crippen molar-refractivity contribution in [1.29, 1.82) is 0 Å². The number of aliphatic hydroxyl groups excluding tert-OH is 1. The van der Waals surface area contributed by atoms with Crippen molar-refractivity contribution in [1.82, 2.24) is 9.55 Å². The average Bonchev–Trinajstić information content (AvgIpc) is 2.78. The first-order chi connectivity index (χ1) is 15.0. The summed E-state index contributed by atoms with van der Waals surface area (Å²) < 4.78 is 22.7. The van der Waals surface area contributed by atoms with E-state index in [4.69, 9.17) is 18.9 Å². The van der Waals surface area contributed by atoms with Gasteiger partial charge in [0.25, 0.3) is 0 Å². The largest absolute Gasteiger partial charge is 0.458 e. The molecule has 1 aliphatic heterocycles. The molecule has 2 N–H and O–H groups in total. The number of ether oxygens (including phenoxy) is 4. The van der Waals surface area contributed by atoms with Gasteiger partial charge < -0.3 is 29.4 Å². The Bertz CT molecular complexity index is 930. The first kappa shape index (κ1) is 24.9. The van der Waals surface area contributed by atoms with Crippen LogP contribution >= 0.6 is 0 Å². The monoisotopic (exact) mass is 455 g/mol. The van der Waals surface area contributed by atoms with E-state index in [-0.39, 0.29) is 12.2 Å². The lowest BCUT2D eigenvalue weighted by molar-refractivity contribution is -0.192. The summed E-state index contributed by atoms with van der Waals surface area (Å²) in [7, 11) is 0. The number of nitrogens with zero attached hydrogens (tertiary/aromatic N) is 2. The van der Waals surface area contributed by atoms with Gasteiger partial charge in [-0.05, 0) is 6.07 Å². The van der Waals surface area contributed by atoms with Crippen LogP contribution < -0.4 is 11.0 Å². The summed E-state index contributed by atoms with van der Waals surface area (Å²) in [6, 6.07) is 1.35. The molecule has 176 valence electrons. The standard InChI is InChI=1S/C19H25N3O10/c1-9(24)20-15-5-6-22(19(28)21-15)16-7-13(29-10(2)25)17(30-11(3)26)18(31-12(4)27)14(8-23)32-16/h5-6,13-14,16-18,23H,7-8H2,1-4H3,(H,20,21,24,28)/t13-,14+,16+,17+,18+/m0/s1. The molecular weight excluding hydrogens is 430 g/mol. The Balaban J connectivity index is 2.51. The topological polar surface area (TPSA) is 172 Å². The number of carbonyl (C=O) groups is 4. The highest BCUT2D eigenvalue weighted by atomic mass is 16.6. The summed E-state index contributed by atoms with van der Waals surface area (Å²) in [4.78, 5) is 62.6. The number of carbonyl (C=O) groups excluding carboxylic acids is 4. The molecule has 0 unspecified atom stereocenters. The maximum Gasteiger partial charge on any atom is 0.351 e. The number of hydrogen-bond acceptors (Lipinski definition) is 11. The van der Waals surface area contributed by atoms with Gasteiger partial charge in [0.2, 0.25) is 5.91 Å². The maximum atomic E-state index is 12.6. The van der Waals surface area contributed by atoms with Crippen LogP contribution in [0.1, 0.15) is 40.3 Å². The number of hydrogen-bond donors (Lipinski definition) is 2. The molecule has 0 radical (unpaired) electrons. The van der Waals surface area contributed by atoms with Gasteiger partial charge in [0.15, 0.2) is 12.2 Å². The van der Waals surface area contributed by atoms with Gasteiger partial charge in [-0.1, -0.05) is 0 Å². The van der Waals surface area contributed by atoms with Gasteiger partial charge in [0.1, 0.15) is 24.3 Å². The Morgan fingerprint density at radius 1 is 1.09 bits per heavy atom. The zero-order chi connectivity index (χ0) is 24.0. The van der Waals surface area contributed by atoms with Crippen molar-refractivity contribution in [3.8, 4) is 0 Å². The number of aromatic nitrogens is 2. The van der Waals surface area contributed by atoms with Gasteiger partial charge in [-0.3, -0.25) is 23.7 Å². The molecule has 13 heteroatoms. The number of rotatable bonds is 6. The normalized spacial score (nSPS) is 25.2. The van der Waals surface area contributed by atoms with Crippen molar-refractivity contribution in [2.45, 2.75) is 64.8 Å². The maximum absolute atomic E-state index is 12.6. The Labute approximate surface area is 182 Å². The van der Waals surface area contributed by atoms with E-state index >= 15 is 0 Å². The second-order valence-corrected chi connectivity index (χ2v) is 7.03. The Morgan fingerprint density at radius 2 is 1.69 bits per heavy atom. The first-order valence-corrected chi connectivity index (χ1v) is 9.66. The Kier molecular flexibility index (Phi) is 8.43. The van der Waals surface area contributed by atoms with E-state index < -0.39 is 66.8 Å². The number of anilines is 1. The Hall–Kier alpha value is -3.32. The molecule has 0 spiro atoms. The van der Waals surface area contributed by atoms with Crippen molar-refractivity contribution < 1.29 is 43.2 Å². The van der Waals surface area contributed by atoms with Gasteiger partial charge in [-0.2, -0.15) is 4.98 Å². The predicted molar refractivity (Wildman–Crippen MR) is 105 cm³/mol. The summed E-state index contributed by atoms with van der Waals surface area (Å²) >= 11 is 0. The molecule has 0 saturated carbocycles. The van der Waals surface area contributed by atoms with Gasteiger partial charge in [-0.25, -0.2) is 4.79 Å². The quantitative estimate of drug-likeness (QED) is 0.409. The van der Waals surface area contributed by atoms with E-state index in [0.29, 0.717) is 0 Å². The molecule has 1 aromatic rings. The van der Waals surface area contributed by atoms with Crippen LogP contribution in [0.4, 0.5) is 5.82 Å². The van der Waals surface area contributed by atoms with E-state index in [1.54, 1.807) is 0 Å². The predicted octanol–water partition coefficient (Wildman–Crippen LogP) is -0.723. The molecule has 5 atom stereocenters. The molecule has 13 nitrogen and oxygen atoms in total. The van der Waals surface area contributed by atoms with E-state index in [1.807, 2.05) is 0 Å². The number of aliphatic hydroxyl groups is 1. The van der Waals surface area contributed by atoms with Gasteiger partial charge in [-0.15, -0.1) is 0 Å². The van der Waals surface area contributed by atoms with Crippen LogP contribution in [-0.4, -0.2) is 69.5 Å². The number of esters is 3. The second kappa shape index (κ2) is 10.8. The molecule has 0 aromatic carbocycles. The molecule has 1 amide bonds. The highest BCUT2D eigenvalue weighted by Crippen LogP contribution is 2.31. The minimum absolute atomic E-state index is 0.0122. The molecule has 0 bridgehead atoms. The third kappa shape index (κ3) is 6.59. The smallest absolute Gasteiger partial charge is 0.351 e. The summed E-state index contributed by atoms with van der Waals surface area (Å²) in [6.07, 6.45) is -5.14. The van der Waals surface area contributed by atoms with Crippen LogP contribution in [-0.2, 0) is 38.1 Å². The summed E-state index contributed by atoms with van der Waals surface area (Å²) in [5.74, 6) is -2.64. The molecule has 1 fully saturated rings. The lowest BCUT2D eigenvalue weighted by atomic mass is 10.0. The highest BCUT2D eigenvalue weighted by Gasteiger charge is 2.47. The minimum atomic E-state index is -1.34. The van der Waals surface area contributed by atoms with Crippen molar-refractivity contribution >= 4 is 29.6 Å². The van der Waals surface area contributed by atoms with E-state index in [2.05, 4.69) is 10.3 Å². The van der Waals surface area contributed by atoms with Crippen molar-refractivity contribution in [2.75, 3.05) is 11.9 Å². The fourth-order valence-electron chi connectivity index (χ4n) is 3.30. The van der Waals surface area contributed by atoms with E-state index in [1.165, 1.54) is 19.2 Å². The molecule has 2 rings (SSSR count). The van der Waals surface area contributed by atoms with Crippen LogP contribution in [0, 0.1) is 0 Å². The van der Waals surface area contributed by atoms with E-state index in [9.17, 15) is 29.1 Å². The average molecular weight is 455 g/mol. The Morgan fingerprint density at radius 3 is 2.19 bits per heavy atom. The molecule has 1 aromatic heterocycles. The molecular formula is C19H25N3O10. The van der Waals surface area contributed by atoms with Gasteiger partial charge in [0.05, 0.1) is 6.61 Å². The molecule has 1 aliphatic rings. The van der Waals surface area contributed by atoms with Gasteiger partial charge in [0, 0.05) is 40.3 Å². The van der Waals surface area contributed by atoms with Crippen molar-refractivity contribution in [3.05, 3.63) is 22.7 Å². The first-order valence-electron chi connectivity index (χ1n) is 9.66. The number of nitrogens with one attached hydrogen (secondary N) is 1. The van der Waals surface area contributed by atoms with Crippen molar-refractivity contribution in [3.63, 3.8) is 0 Å². The minimum Gasteiger partial charge on any atom is -0.458 e. The zero-order valence-corrected chi connectivity index (χ0v) is 18.0. The SMILES string of the molecule is CC(=O)Nc1ccn([C@H]2C[C@H](OC(C)=O)[C@@H](OC(C)=O)[C@H](OC(C)=O)[C@@H](CO)O2)c(=O)n1. The van der Waals surface area contributed by atoms with Crippen LogP contribution in [0.25, 0.3) is 0 Å². The van der Waals surface area contributed by atoms with Crippen LogP contribution in [0.15, 0.2) is 17.1 Å². The molecule has 32 heavy (non-hydrogen) atoms. The van der Waals surface area contributed by atoms with Crippen LogP contribution in [0.2, 0.25) is 0 Å². The lowest BCUT2D eigenvalue weighted by Gasteiger charge is -2.31. The summed E-state index contributed by atoms with van der Waals surface area (Å²) in [5.41, 5.74) is -0.811. The fraction of sp³-hybridized carbons (Fsp3) is 0.579. The van der Waals surface area contributed by atoms with Gasteiger partial charge >= 0.3 is 23.6 Å². The van der Waals surface area contributed by atoms with Crippen LogP contribution in [0.3, 0.4) is 0 Å². The van der Waals surface area contributed by atoms with Crippen molar-refractivity contribution in [2.24, 2.45) is 0 Å². The molecule has 2 heterocycles. The third-order valence-electron chi connectivity index (χ3n) is 4.37. The summed E-state index contributed by atoms with van der Waals surface area (Å²) in [6.45, 7) is 3.93. The van der Waals surface area contributed by atoms with E-state index in [0.717, 1.165) is 25.3 Å². The highest BCUT2D eigenvalue weighted by molar-refractivity contribution is 5.87. The lowest BCUT2D eigenvalue weighted by Crippen LogP contribution is -2.50. The summed E-state index contributed by atoms with van der Waals surface area (Å²) in [5, 5.41) is 12.3. The third-order valence-corrected chi connectivity index (χ3v) is 4.37. The van der Waals surface area contributed by atoms with Crippen LogP contribution in [0.5, 0.6) is 0 Å². The second-order valence-electron chi connectivity index (χ2n) is 7.03. The number of amides is 1. The molecule has 1 saturated heterocycles. The zero-order valence-electron chi connectivity index (χ0n) is 18.0.